The Labute approximate surface area is 73.8 Å². The first kappa shape index (κ1) is 9.48. The van der Waals surface area contributed by atoms with Gasteiger partial charge in [0.15, 0.2) is 0 Å². The van der Waals surface area contributed by atoms with Crippen molar-refractivity contribution in [2.24, 2.45) is 5.73 Å². The third-order valence-corrected chi connectivity index (χ3v) is 2.34. The Hall–Kier alpha value is -0.610. The number of rotatable bonds is 2. The molecule has 1 aliphatic rings. The maximum atomic E-state index is 7.19. The summed E-state index contributed by atoms with van der Waals surface area (Å²) in [4.78, 5) is 4.56. The first-order chi connectivity index (χ1) is 5.59. The van der Waals surface area contributed by atoms with Gasteiger partial charge in [0.2, 0.25) is 0 Å². The molecule has 4 heteroatoms. The summed E-state index contributed by atoms with van der Waals surface area (Å²) in [6, 6.07) is 0.521. The zero-order valence-corrected chi connectivity index (χ0v) is 7.88. The van der Waals surface area contributed by atoms with E-state index in [1.807, 2.05) is 0 Å². The quantitative estimate of drug-likeness (QED) is 0.436. The summed E-state index contributed by atoms with van der Waals surface area (Å²) in [5.74, 6) is 0.270. The topological polar surface area (TPSA) is 56.4 Å². The standard InChI is InChI=1S/C8H18N4/c1-7-5-11(2)3-4-12(7)6-8(9)10/h7H,3-6H2,1-2H3,(H3,9,10). The van der Waals surface area contributed by atoms with E-state index in [-0.39, 0.29) is 5.84 Å². The van der Waals surface area contributed by atoms with Gasteiger partial charge < -0.3 is 10.6 Å². The van der Waals surface area contributed by atoms with Gasteiger partial charge in [0.05, 0.1) is 6.54 Å². The number of likely N-dealkylation sites (N-methyl/N-ethyl adjacent to an activating group) is 1. The van der Waals surface area contributed by atoms with Crippen LogP contribution in [0.2, 0.25) is 0 Å². The SMILES string of the molecule is CC1CN(C)CCN1CC(=N)N. The van der Waals surface area contributed by atoms with E-state index in [0.29, 0.717) is 12.6 Å². The van der Waals surface area contributed by atoms with Crippen LogP contribution in [0, 0.1) is 5.41 Å². The van der Waals surface area contributed by atoms with E-state index >= 15 is 0 Å². The lowest BCUT2D eigenvalue weighted by atomic mass is 10.2. The second kappa shape index (κ2) is 3.87. The van der Waals surface area contributed by atoms with Crippen molar-refractivity contribution in [3.05, 3.63) is 0 Å². The molecule has 70 valence electrons. The average Bonchev–Trinajstić information content (AvgIpc) is 1.94. The van der Waals surface area contributed by atoms with Gasteiger partial charge >= 0.3 is 0 Å². The Morgan fingerprint density at radius 2 is 2.25 bits per heavy atom. The summed E-state index contributed by atoms with van der Waals surface area (Å²) >= 11 is 0. The molecule has 1 fully saturated rings. The van der Waals surface area contributed by atoms with Gasteiger partial charge in [-0.15, -0.1) is 0 Å². The molecule has 0 bridgehead atoms. The van der Waals surface area contributed by atoms with Crippen LogP contribution in [0.25, 0.3) is 0 Å². The minimum Gasteiger partial charge on any atom is -0.387 e. The molecule has 3 N–H and O–H groups in total. The number of amidine groups is 1. The van der Waals surface area contributed by atoms with Crippen molar-refractivity contribution in [2.45, 2.75) is 13.0 Å². The lowest BCUT2D eigenvalue weighted by Gasteiger charge is -2.37. The predicted molar refractivity (Wildman–Crippen MR) is 50.4 cm³/mol. The fraction of sp³-hybridized carbons (Fsp3) is 0.875. The van der Waals surface area contributed by atoms with Crippen molar-refractivity contribution in [1.29, 1.82) is 5.41 Å². The van der Waals surface area contributed by atoms with Crippen LogP contribution in [-0.2, 0) is 0 Å². The molecular formula is C8H18N4. The van der Waals surface area contributed by atoms with Gasteiger partial charge in [-0.05, 0) is 14.0 Å². The zero-order valence-electron chi connectivity index (χ0n) is 7.88. The first-order valence-corrected chi connectivity index (χ1v) is 4.35. The van der Waals surface area contributed by atoms with Gasteiger partial charge in [0.1, 0.15) is 5.84 Å². The van der Waals surface area contributed by atoms with Crippen LogP contribution in [-0.4, -0.2) is 54.9 Å². The average molecular weight is 170 g/mol. The van der Waals surface area contributed by atoms with E-state index in [1.165, 1.54) is 0 Å². The number of piperazine rings is 1. The van der Waals surface area contributed by atoms with Gasteiger partial charge in [-0.1, -0.05) is 0 Å². The van der Waals surface area contributed by atoms with Gasteiger partial charge in [-0.3, -0.25) is 10.3 Å². The largest absolute Gasteiger partial charge is 0.387 e. The van der Waals surface area contributed by atoms with Crippen molar-refractivity contribution in [1.82, 2.24) is 9.80 Å². The number of nitrogens with zero attached hydrogens (tertiary/aromatic N) is 2. The Balaban J connectivity index is 2.39. The molecule has 1 heterocycles. The lowest BCUT2D eigenvalue weighted by molar-refractivity contribution is 0.115. The van der Waals surface area contributed by atoms with E-state index in [2.05, 4.69) is 23.8 Å². The normalized spacial score (nSPS) is 27.3. The van der Waals surface area contributed by atoms with Crippen LogP contribution in [0.3, 0.4) is 0 Å². The Morgan fingerprint density at radius 3 is 2.75 bits per heavy atom. The minimum absolute atomic E-state index is 0.270. The van der Waals surface area contributed by atoms with Crippen LogP contribution >= 0.6 is 0 Å². The lowest BCUT2D eigenvalue weighted by Crippen LogP contribution is -2.52. The second-order valence-electron chi connectivity index (χ2n) is 3.61. The molecule has 0 aromatic rings. The summed E-state index contributed by atoms with van der Waals surface area (Å²) in [5, 5.41) is 7.19. The van der Waals surface area contributed by atoms with Crippen molar-refractivity contribution in [2.75, 3.05) is 33.2 Å². The summed E-state index contributed by atoms with van der Waals surface area (Å²) in [5.41, 5.74) is 5.35. The number of nitrogens with one attached hydrogen (secondary N) is 1. The fourth-order valence-corrected chi connectivity index (χ4v) is 1.63. The molecule has 0 aromatic heterocycles. The maximum absolute atomic E-state index is 7.19. The molecule has 0 radical (unpaired) electrons. The van der Waals surface area contributed by atoms with E-state index in [9.17, 15) is 0 Å². The number of hydrogen-bond acceptors (Lipinski definition) is 3. The molecule has 4 nitrogen and oxygen atoms in total. The highest BCUT2D eigenvalue weighted by atomic mass is 15.3. The molecule has 0 spiro atoms. The molecule has 0 aromatic carbocycles. The summed E-state index contributed by atoms with van der Waals surface area (Å²) in [6.07, 6.45) is 0. The molecule has 1 aliphatic heterocycles. The van der Waals surface area contributed by atoms with Crippen LogP contribution in [0.1, 0.15) is 6.92 Å². The van der Waals surface area contributed by atoms with Crippen molar-refractivity contribution in [3.63, 3.8) is 0 Å². The van der Waals surface area contributed by atoms with Crippen LogP contribution in [0.5, 0.6) is 0 Å². The number of hydrogen-bond donors (Lipinski definition) is 2. The van der Waals surface area contributed by atoms with Gasteiger partial charge in [0.25, 0.3) is 0 Å². The second-order valence-corrected chi connectivity index (χ2v) is 3.61. The maximum Gasteiger partial charge on any atom is 0.105 e. The first-order valence-electron chi connectivity index (χ1n) is 4.35. The molecule has 0 amide bonds. The van der Waals surface area contributed by atoms with Crippen molar-refractivity contribution < 1.29 is 0 Å². The van der Waals surface area contributed by atoms with Crippen molar-refractivity contribution >= 4 is 5.84 Å². The minimum atomic E-state index is 0.270. The monoisotopic (exact) mass is 170 g/mol. The predicted octanol–water partition coefficient (Wildman–Crippen LogP) is -0.442. The highest BCUT2D eigenvalue weighted by Crippen LogP contribution is 2.06. The van der Waals surface area contributed by atoms with Crippen LogP contribution in [0.15, 0.2) is 0 Å². The van der Waals surface area contributed by atoms with Crippen LogP contribution in [0.4, 0.5) is 0 Å². The molecule has 1 atom stereocenters. The Kier molecular flexibility index (Phi) is 3.05. The van der Waals surface area contributed by atoms with Crippen molar-refractivity contribution in [3.8, 4) is 0 Å². The Morgan fingerprint density at radius 1 is 1.58 bits per heavy atom. The van der Waals surface area contributed by atoms with Gasteiger partial charge in [0, 0.05) is 25.7 Å². The summed E-state index contributed by atoms with van der Waals surface area (Å²) in [7, 11) is 2.13. The third kappa shape index (κ3) is 2.46. The molecule has 1 unspecified atom stereocenters. The summed E-state index contributed by atoms with van der Waals surface area (Å²) in [6.45, 7) is 5.98. The van der Waals surface area contributed by atoms with E-state index in [0.717, 1.165) is 19.6 Å². The molecular weight excluding hydrogens is 152 g/mol. The highest BCUT2D eigenvalue weighted by Gasteiger charge is 2.21. The molecule has 0 aliphatic carbocycles. The molecule has 0 saturated carbocycles. The third-order valence-electron chi connectivity index (χ3n) is 2.34. The number of nitrogens with two attached hydrogens (primary N) is 1. The Bertz CT molecular complexity index is 168. The van der Waals surface area contributed by atoms with E-state index < -0.39 is 0 Å². The van der Waals surface area contributed by atoms with Gasteiger partial charge in [-0.25, -0.2) is 0 Å². The molecule has 12 heavy (non-hydrogen) atoms. The van der Waals surface area contributed by atoms with Crippen LogP contribution < -0.4 is 5.73 Å². The zero-order chi connectivity index (χ0) is 9.14. The van der Waals surface area contributed by atoms with Gasteiger partial charge in [-0.2, -0.15) is 0 Å². The molecule has 1 rings (SSSR count). The fourth-order valence-electron chi connectivity index (χ4n) is 1.63. The highest BCUT2D eigenvalue weighted by molar-refractivity contribution is 5.78. The molecule has 1 saturated heterocycles. The summed E-state index contributed by atoms with van der Waals surface area (Å²) < 4.78 is 0. The van der Waals surface area contributed by atoms with E-state index in [4.69, 9.17) is 11.1 Å². The smallest absolute Gasteiger partial charge is 0.105 e. The van der Waals surface area contributed by atoms with E-state index in [1.54, 1.807) is 0 Å².